The van der Waals surface area contributed by atoms with E-state index in [2.05, 4.69) is 27.2 Å². The zero-order valence-corrected chi connectivity index (χ0v) is 12.9. The molecule has 0 saturated carbocycles. The summed E-state index contributed by atoms with van der Waals surface area (Å²) >= 11 is 0. The van der Waals surface area contributed by atoms with E-state index >= 15 is 0 Å². The predicted molar refractivity (Wildman–Crippen MR) is 94.2 cm³/mol. The summed E-state index contributed by atoms with van der Waals surface area (Å²) in [5.74, 6) is 0.867. The van der Waals surface area contributed by atoms with Crippen LogP contribution in [0.15, 0.2) is 59.1 Å². The van der Waals surface area contributed by atoms with Crippen molar-refractivity contribution in [3.05, 3.63) is 54.7 Å². The van der Waals surface area contributed by atoms with Gasteiger partial charge in [-0.15, -0.1) is 0 Å². The average molecular weight is 312 g/mol. The van der Waals surface area contributed by atoms with E-state index in [1.165, 1.54) is 0 Å². The van der Waals surface area contributed by atoms with E-state index in [0.717, 1.165) is 49.9 Å². The van der Waals surface area contributed by atoms with Crippen molar-refractivity contribution < 1.29 is 4.42 Å². The highest BCUT2D eigenvalue weighted by molar-refractivity contribution is 6.13. The number of pyridine rings is 1. The molecule has 0 bridgehead atoms. The van der Waals surface area contributed by atoms with Gasteiger partial charge in [0.15, 0.2) is 16.7 Å². The number of para-hydroxylation sites is 3. The third-order valence-electron chi connectivity index (χ3n) is 4.78. The Hall–Kier alpha value is -3.34. The Kier molecular flexibility index (Phi) is 1.99. The summed E-state index contributed by atoms with van der Waals surface area (Å²) in [4.78, 5) is 9.56. The largest absolute Gasteiger partial charge is 0.454 e. The highest BCUT2D eigenvalue weighted by Crippen LogP contribution is 2.34. The molecule has 0 radical (unpaired) electrons. The zero-order valence-electron chi connectivity index (χ0n) is 12.9. The SMILES string of the molecule is Cn1c2ccccc2n2c3ncc4c5ccccc5oc4c3nc12. The van der Waals surface area contributed by atoms with E-state index in [1.807, 2.05) is 43.6 Å². The number of hydrogen-bond donors (Lipinski definition) is 0. The molecule has 5 nitrogen and oxygen atoms in total. The molecule has 0 unspecified atom stereocenters. The fourth-order valence-corrected chi connectivity index (χ4v) is 3.66. The quantitative estimate of drug-likeness (QED) is 0.421. The standard InChI is InChI=1S/C19H12N4O/c1-22-13-7-3-4-8-14(13)23-18-16(21-19(22)23)17-12(10-20-18)11-6-2-5-9-15(11)24-17/h2-10H,1H3. The Morgan fingerprint density at radius 2 is 1.71 bits per heavy atom. The highest BCUT2D eigenvalue weighted by Gasteiger charge is 2.19. The van der Waals surface area contributed by atoms with Crippen LogP contribution in [0.2, 0.25) is 0 Å². The third-order valence-corrected chi connectivity index (χ3v) is 4.78. The minimum absolute atomic E-state index is 0.800. The Bertz CT molecular complexity index is 1420. The Morgan fingerprint density at radius 1 is 0.917 bits per heavy atom. The molecule has 0 spiro atoms. The van der Waals surface area contributed by atoms with Crippen molar-refractivity contribution in [3.63, 3.8) is 0 Å². The molecular weight excluding hydrogens is 300 g/mol. The molecule has 4 heterocycles. The molecule has 114 valence electrons. The lowest BCUT2D eigenvalue weighted by molar-refractivity contribution is 0.671. The van der Waals surface area contributed by atoms with E-state index in [4.69, 9.17) is 14.4 Å². The van der Waals surface area contributed by atoms with Gasteiger partial charge in [-0.05, 0) is 18.2 Å². The zero-order chi connectivity index (χ0) is 15.8. The Balaban J connectivity index is 1.91. The van der Waals surface area contributed by atoms with Crippen molar-refractivity contribution in [3.8, 4) is 0 Å². The van der Waals surface area contributed by atoms with Gasteiger partial charge in [-0.1, -0.05) is 30.3 Å². The second-order valence-corrected chi connectivity index (χ2v) is 6.07. The van der Waals surface area contributed by atoms with E-state index in [-0.39, 0.29) is 0 Å². The topological polar surface area (TPSA) is 48.3 Å². The molecule has 0 atom stereocenters. The number of benzene rings is 2. The molecule has 24 heavy (non-hydrogen) atoms. The molecule has 0 N–H and O–H groups in total. The maximum absolute atomic E-state index is 6.09. The first-order valence-electron chi connectivity index (χ1n) is 7.85. The van der Waals surface area contributed by atoms with Crippen molar-refractivity contribution in [1.82, 2.24) is 18.9 Å². The number of rotatable bonds is 0. The number of fused-ring (bicyclic) bond motifs is 9. The summed E-state index contributed by atoms with van der Waals surface area (Å²) in [5, 5.41) is 2.08. The van der Waals surface area contributed by atoms with E-state index < -0.39 is 0 Å². The van der Waals surface area contributed by atoms with Gasteiger partial charge >= 0.3 is 0 Å². The summed E-state index contributed by atoms with van der Waals surface area (Å²) in [6.07, 6.45) is 1.89. The smallest absolute Gasteiger partial charge is 0.217 e. The number of aryl methyl sites for hydroxylation is 1. The van der Waals surface area contributed by atoms with Crippen LogP contribution in [0.3, 0.4) is 0 Å². The van der Waals surface area contributed by atoms with Crippen LogP contribution in [0, 0.1) is 0 Å². The molecule has 0 aliphatic heterocycles. The van der Waals surface area contributed by atoms with Crippen molar-refractivity contribution in [2.24, 2.45) is 7.05 Å². The number of nitrogens with zero attached hydrogens (tertiary/aromatic N) is 4. The molecule has 0 aliphatic carbocycles. The molecule has 0 saturated heterocycles. The summed E-state index contributed by atoms with van der Waals surface area (Å²) < 4.78 is 10.3. The monoisotopic (exact) mass is 312 g/mol. The predicted octanol–water partition coefficient (Wildman–Crippen LogP) is 4.27. The molecule has 2 aromatic carbocycles. The lowest BCUT2D eigenvalue weighted by Gasteiger charge is -1.95. The van der Waals surface area contributed by atoms with Crippen molar-refractivity contribution in [2.45, 2.75) is 0 Å². The van der Waals surface area contributed by atoms with Crippen LogP contribution in [0.25, 0.3) is 49.9 Å². The van der Waals surface area contributed by atoms with Gasteiger partial charge < -0.3 is 8.98 Å². The van der Waals surface area contributed by atoms with Crippen LogP contribution in [0.1, 0.15) is 0 Å². The van der Waals surface area contributed by atoms with Crippen LogP contribution in [0.4, 0.5) is 0 Å². The van der Waals surface area contributed by atoms with Crippen LogP contribution >= 0.6 is 0 Å². The maximum Gasteiger partial charge on any atom is 0.217 e. The minimum atomic E-state index is 0.800. The van der Waals surface area contributed by atoms with Gasteiger partial charge in [0.1, 0.15) is 5.58 Å². The second-order valence-electron chi connectivity index (χ2n) is 6.07. The van der Waals surface area contributed by atoms with E-state index in [1.54, 1.807) is 0 Å². The van der Waals surface area contributed by atoms with Crippen LogP contribution < -0.4 is 0 Å². The van der Waals surface area contributed by atoms with Gasteiger partial charge in [0.2, 0.25) is 5.78 Å². The number of furan rings is 1. The Morgan fingerprint density at radius 3 is 2.62 bits per heavy atom. The first-order valence-corrected chi connectivity index (χ1v) is 7.85. The lowest BCUT2D eigenvalue weighted by atomic mass is 10.2. The first-order chi connectivity index (χ1) is 11.8. The molecule has 6 rings (SSSR count). The lowest BCUT2D eigenvalue weighted by Crippen LogP contribution is -1.87. The summed E-state index contributed by atoms with van der Waals surface area (Å²) in [5.41, 5.74) is 5.53. The summed E-state index contributed by atoms with van der Waals surface area (Å²) in [6, 6.07) is 16.3. The van der Waals surface area contributed by atoms with Gasteiger partial charge in [0, 0.05) is 24.0 Å². The number of aromatic nitrogens is 4. The molecule has 0 aliphatic rings. The van der Waals surface area contributed by atoms with Crippen molar-refractivity contribution in [1.29, 1.82) is 0 Å². The van der Waals surface area contributed by atoms with Gasteiger partial charge in [-0.3, -0.25) is 4.40 Å². The van der Waals surface area contributed by atoms with Crippen molar-refractivity contribution >= 4 is 49.9 Å². The fourth-order valence-electron chi connectivity index (χ4n) is 3.66. The maximum atomic E-state index is 6.09. The summed E-state index contributed by atoms with van der Waals surface area (Å²) in [7, 11) is 2.03. The number of hydrogen-bond acceptors (Lipinski definition) is 3. The molecule has 0 amide bonds. The van der Waals surface area contributed by atoms with Crippen LogP contribution in [-0.2, 0) is 7.05 Å². The highest BCUT2D eigenvalue weighted by atomic mass is 16.3. The van der Waals surface area contributed by atoms with Gasteiger partial charge in [0.25, 0.3) is 0 Å². The number of imidazole rings is 2. The van der Waals surface area contributed by atoms with Crippen molar-refractivity contribution in [2.75, 3.05) is 0 Å². The average Bonchev–Trinajstić information content (AvgIpc) is 3.26. The van der Waals surface area contributed by atoms with Gasteiger partial charge in [0.05, 0.1) is 11.0 Å². The van der Waals surface area contributed by atoms with E-state index in [0.29, 0.717) is 0 Å². The Labute approximate surface area is 135 Å². The molecule has 6 aromatic rings. The molecular formula is C19H12N4O. The molecule has 4 aromatic heterocycles. The first kappa shape index (κ1) is 12.1. The second kappa shape index (κ2) is 3.94. The molecule has 0 fully saturated rings. The van der Waals surface area contributed by atoms with Gasteiger partial charge in [-0.25, -0.2) is 9.97 Å². The third kappa shape index (κ3) is 1.27. The van der Waals surface area contributed by atoms with Gasteiger partial charge in [-0.2, -0.15) is 0 Å². The van der Waals surface area contributed by atoms with E-state index in [9.17, 15) is 0 Å². The minimum Gasteiger partial charge on any atom is -0.454 e. The summed E-state index contributed by atoms with van der Waals surface area (Å²) in [6.45, 7) is 0. The normalized spacial score (nSPS) is 12.4. The molecule has 5 heteroatoms. The fraction of sp³-hybridized carbons (Fsp3) is 0.0526. The van der Waals surface area contributed by atoms with Crippen LogP contribution in [0.5, 0.6) is 0 Å². The van der Waals surface area contributed by atoms with Crippen LogP contribution in [-0.4, -0.2) is 18.9 Å².